The number of halogens is 1. The van der Waals surface area contributed by atoms with Crippen LogP contribution in [0.2, 0.25) is 0 Å². The summed E-state index contributed by atoms with van der Waals surface area (Å²) < 4.78 is 2.45. The minimum Gasteiger partial charge on any atom is -0.364 e. The van der Waals surface area contributed by atoms with Gasteiger partial charge in [0.1, 0.15) is 17.2 Å². The maximum Gasteiger partial charge on any atom is 0.269 e. The van der Waals surface area contributed by atoms with Crippen molar-refractivity contribution in [3.05, 3.63) is 131 Å². The van der Waals surface area contributed by atoms with E-state index in [0.29, 0.717) is 68.5 Å². The number of nitrogens with zero attached hydrogens (tertiary/aromatic N) is 7. The van der Waals surface area contributed by atoms with Gasteiger partial charge in [0.2, 0.25) is 11.1 Å². The lowest BCUT2D eigenvalue weighted by molar-refractivity contribution is -0.130. The number of benzene rings is 2. The van der Waals surface area contributed by atoms with Crippen LogP contribution in [0, 0.1) is 0 Å². The predicted octanol–water partition coefficient (Wildman–Crippen LogP) is 5.14. The molecule has 0 bridgehead atoms. The number of piperidine rings is 2. The Hall–Kier alpha value is -7.53. The van der Waals surface area contributed by atoms with Crippen molar-refractivity contribution in [2.75, 3.05) is 35.4 Å². The molecule has 5 amide bonds. The Balaban J connectivity index is 0.000000202. The first-order valence-electron chi connectivity index (χ1n) is 20.7. The quantitative estimate of drug-likeness (QED) is 0.0476. The number of hydrogen-bond donors (Lipinski definition) is 7. The van der Waals surface area contributed by atoms with Crippen molar-refractivity contribution < 1.29 is 28.8 Å². The number of carbonyl (C=O) groups is 6. The minimum absolute atomic E-state index is 0.0241. The monoisotopic (exact) mass is 966 g/mol. The molecule has 2 aliphatic rings. The fraction of sp³-hybridized carbons (Fsp3) is 0.227. The molecule has 2 atom stereocenters. The number of nitrogens with two attached hydrogens (primary N) is 4. The molecule has 2 saturated heterocycles. The van der Waals surface area contributed by atoms with E-state index in [9.17, 15) is 28.8 Å². The molecule has 0 radical (unpaired) electrons. The first-order valence-corrected chi connectivity index (χ1v) is 22.8. The van der Waals surface area contributed by atoms with E-state index >= 15 is 0 Å². The summed E-state index contributed by atoms with van der Waals surface area (Å²) in [7, 11) is 0. The van der Waals surface area contributed by atoms with Gasteiger partial charge in [-0.05, 0) is 86.7 Å². The fourth-order valence-corrected chi connectivity index (χ4v) is 8.42. The molecule has 8 rings (SSSR count). The van der Waals surface area contributed by atoms with Crippen LogP contribution in [-0.4, -0.2) is 82.1 Å². The number of allylic oxidation sites excluding steroid dienone is 1. The van der Waals surface area contributed by atoms with Crippen molar-refractivity contribution in [1.29, 1.82) is 0 Å². The molecule has 0 saturated carbocycles. The van der Waals surface area contributed by atoms with Gasteiger partial charge in [0.25, 0.3) is 23.6 Å². The van der Waals surface area contributed by atoms with Crippen LogP contribution >= 0.6 is 34.3 Å². The Morgan fingerprint density at radius 3 is 1.60 bits per heavy atom. The number of thiazole rings is 2. The fourth-order valence-electron chi connectivity index (χ4n) is 7.38. The SMILES string of the molecule is C=CC(=O)Cl.C=CC(=O)N1CCCC[C@H]1c1nc(-c2ccc(C(=O)Nc3nccs3)cc2)c(C(N)=O)n1N.NC(=O)c1c(-c2ccc(C(=O)Nc3nccs3)cc2)nc([C@@H]2CCCCN2)n1N. The van der Waals surface area contributed by atoms with Gasteiger partial charge in [0.15, 0.2) is 27.5 Å². The first kappa shape index (κ1) is 48.9. The lowest BCUT2D eigenvalue weighted by atomic mass is 10.0. The van der Waals surface area contributed by atoms with Gasteiger partial charge >= 0.3 is 0 Å². The Labute approximate surface area is 397 Å². The summed E-state index contributed by atoms with van der Waals surface area (Å²) in [5.74, 6) is 11.2. The molecule has 0 aliphatic carbocycles. The van der Waals surface area contributed by atoms with Crippen LogP contribution < -0.4 is 39.1 Å². The lowest BCUT2D eigenvalue weighted by Crippen LogP contribution is -2.39. The number of hydrogen-bond acceptors (Lipinski definition) is 15. The summed E-state index contributed by atoms with van der Waals surface area (Å²) in [5, 5.41) is 12.9. The molecule has 2 aliphatic heterocycles. The number of likely N-dealkylation sites (tertiary alicyclic amines) is 1. The maximum absolute atomic E-state index is 12.4. The molecule has 4 aromatic heterocycles. The number of amides is 5. The summed E-state index contributed by atoms with van der Waals surface area (Å²) in [6, 6.07) is 12.9. The first-order chi connectivity index (χ1) is 32.2. The molecular weight excluding hydrogens is 920 g/mol. The zero-order valence-electron chi connectivity index (χ0n) is 35.9. The van der Waals surface area contributed by atoms with Crippen molar-refractivity contribution in [3.63, 3.8) is 0 Å². The summed E-state index contributed by atoms with van der Waals surface area (Å²) in [6.07, 6.45) is 11.0. The van der Waals surface area contributed by atoms with Gasteiger partial charge in [-0.2, -0.15) is 0 Å². The van der Waals surface area contributed by atoms with Gasteiger partial charge in [-0.3, -0.25) is 39.4 Å². The van der Waals surface area contributed by atoms with E-state index < -0.39 is 23.1 Å². The van der Waals surface area contributed by atoms with Gasteiger partial charge in [-0.15, -0.1) is 22.7 Å². The summed E-state index contributed by atoms with van der Waals surface area (Å²) in [6.45, 7) is 8.07. The van der Waals surface area contributed by atoms with Crippen LogP contribution in [0.4, 0.5) is 10.3 Å². The molecule has 11 N–H and O–H groups in total. The highest BCUT2D eigenvalue weighted by Crippen LogP contribution is 2.34. The van der Waals surface area contributed by atoms with Crippen molar-refractivity contribution in [1.82, 2.24) is 39.5 Å². The van der Waals surface area contributed by atoms with Gasteiger partial charge in [0, 0.05) is 52.0 Å². The second-order valence-corrected chi connectivity index (χ2v) is 17.0. The molecule has 23 heteroatoms. The number of imidazole rings is 2. The highest BCUT2D eigenvalue weighted by Gasteiger charge is 2.33. The average molecular weight is 968 g/mol. The van der Waals surface area contributed by atoms with Crippen molar-refractivity contribution in [2.45, 2.75) is 50.6 Å². The molecule has 6 heterocycles. The zero-order valence-corrected chi connectivity index (χ0v) is 38.3. The number of nitrogen functional groups attached to an aromatic ring is 2. The van der Waals surface area contributed by atoms with E-state index in [1.54, 1.807) is 76.6 Å². The largest absolute Gasteiger partial charge is 0.364 e. The molecular formula is C44H47ClN14O6S2. The Morgan fingerprint density at radius 1 is 0.701 bits per heavy atom. The van der Waals surface area contributed by atoms with Crippen LogP contribution in [-0.2, 0) is 9.59 Å². The second kappa shape index (κ2) is 22.6. The smallest absolute Gasteiger partial charge is 0.269 e. The highest BCUT2D eigenvalue weighted by atomic mass is 35.5. The van der Waals surface area contributed by atoms with Crippen molar-refractivity contribution >= 4 is 79.3 Å². The molecule has 20 nitrogen and oxygen atoms in total. The van der Waals surface area contributed by atoms with Crippen LogP contribution in [0.15, 0.2) is 97.0 Å². The van der Waals surface area contributed by atoms with E-state index in [-0.39, 0.29) is 35.2 Å². The predicted molar refractivity (Wildman–Crippen MR) is 257 cm³/mol. The Kier molecular flexibility index (Phi) is 16.5. The summed E-state index contributed by atoms with van der Waals surface area (Å²) >= 11 is 7.36. The molecule has 67 heavy (non-hydrogen) atoms. The molecule has 2 fully saturated rings. The number of anilines is 2. The second-order valence-electron chi connectivity index (χ2n) is 14.8. The normalized spacial score (nSPS) is 15.4. The van der Waals surface area contributed by atoms with E-state index in [2.05, 4.69) is 49.0 Å². The van der Waals surface area contributed by atoms with Crippen molar-refractivity contribution in [3.8, 4) is 22.5 Å². The molecule has 0 unspecified atom stereocenters. The Bertz CT molecular complexity index is 2750. The van der Waals surface area contributed by atoms with Crippen LogP contribution in [0.5, 0.6) is 0 Å². The van der Waals surface area contributed by atoms with Crippen LogP contribution in [0.3, 0.4) is 0 Å². The van der Waals surface area contributed by atoms with E-state index in [1.807, 2.05) is 0 Å². The van der Waals surface area contributed by atoms with Crippen molar-refractivity contribution in [2.24, 2.45) is 11.5 Å². The average Bonchev–Trinajstić information content (AvgIpc) is 4.18. The number of nitrogens with one attached hydrogen (secondary N) is 3. The third kappa shape index (κ3) is 11.8. The standard InChI is InChI=1S/C22H23N7O3S.C19H21N7O2S.C3H3ClO/c1-2-16(30)28-11-4-3-5-15(28)20-26-17(18(19(23)31)29(20)24)13-6-8-14(9-7-13)21(32)27-22-25-10-12-33-22;20-16(27)15-14(24-17(26(15)21)13-3-1-2-8-22-13)11-4-6-12(7-5-11)18(28)25-19-23-9-10-29-19;1-2-3(4)5/h2,6-10,12,15H,1,3-5,11,24H2,(H2,23,31)(H,25,27,32);4-7,9-10,13,22H,1-3,8,21H2,(H2,20,27)(H,23,25,28);2H,1H2/t15-;13-;/m00./s1. The Morgan fingerprint density at radius 2 is 1.18 bits per heavy atom. The van der Waals surface area contributed by atoms with Gasteiger partial charge in [-0.25, -0.2) is 29.3 Å². The summed E-state index contributed by atoms with van der Waals surface area (Å²) in [5.41, 5.74) is 14.2. The zero-order chi connectivity index (χ0) is 48.2. The highest BCUT2D eigenvalue weighted by molar-refractivity contribution is 7.14. The minimum atomic E-state index is -0.741. The van der Waals surface area contributed by atoms with Gasteiger partial charge in [-0.1, -0.05) is 43.8 Å². The lowest BCUT2D eigenvalue weighted by Gasteiger charge is -2.34. The van der Waals surface area contributed by atoms with E-state index in [4.69, 9.17) is 34.8 Å². The topological polar surface area (TPSA) is 307 Å². The molecule has 2 aromatic carbocycles. The van der Waals surface area contributed by atoms with E-state index in [0.717, 1.165) is 44.7 Å². The molecule has 0 spiro atoms. The maximum atomic E-state index is 12.4. The third-order valence-corrected chi connectivity index (χ3v) is 12.1. The van der Waals surface area contributed by atoms with Crippen LogP contribution in [0.1, 0.15) is 104 Å². The third-order valence-electron chi connectivity index (χ3n) is 10.5. The van der Waals surface area contributed by atoms with Crippen LogP contribution in [0.25, 0.3) is 22.5 Å². The molecule has 348 valence electrons. The van der Waals surface area contributed by atoms with E-state index in [1.165, 1.54) is 38.1 Å². The van der Waals surface area contributed by atoms with Gasteiger partial charge < -0.3 is 33.4 Å². The molecule has 6 aromatic rings. The number of primary amides is 2. The van der Waals surface area contributed by atoms with Gasteiger partial charge in [0.05, 0.1) is 12.1 Å². The number of aromatic nitrogens is 6. The number of rotatable bonds is 12. The summed E-state index contributed by atoms with van der Waals surface area (Å²) in [4.78, 5) is 89.9. The number of carbonyl (C=O) groups excluding carboxylic acids is 6.